The molecular weight excluding hydrogens is 290 g/mol. The summed E-state index contributed by atoms with van der Waals surface area (Å²) in [4.78, 5) is 18.1. The van der Waals surface area contributed by atoms with Crippen molar-refractivity contribution in [3.05, 3.63) is 42.0 Å². The van der Waals surface area contributed by atoms with Crippen molar-refractivity contribution in [2.24, 2.45) is 4.99 Å². The van der Waals surface area contributed by atoms with Crippen LogP contribution in [0.1, 0.15) is 48.0 Å². The third kappa shape index (κ3) is 3.99. The lowest BCUT2D eigenvalue weighted by atomic mass is 10.1. The van der Waals surface area contributed by atoms with Gasteiger partial charge in [0.1, 0.15) is 0 Å². The Morgan fingerprint density at radius 3 is 2.57 bits per heavy atom. The molecule has 5 nitrogen and oxygen atoms in total. The average molecular weight is 315 g/mol. The van der Waals surface area contributed by atoms with Crippen molar-refractivity contribution in [3.8, 4) is 0 Å². The molecule has 0 radical (unpaired) electrons. The minimum atomic E-state index is -0.0504. The van der Waals surface area contributed by atoms with Crippen molar-refractivity contribution in [2.45, 2.75) is 32.1 Å². The molecule has 0 atom stereocenters. The van der Waals surface area contributed by atoms with Gasteiger partial charge in [-0.15, -0.1) is 0 Å². The zero-order valence-electron chi connectivity index (χ0n) is 13.5. The highest BCUT2D eigenvalue weighted by Crippen LogP contribution is 2.21. The van der Waals surface area contributed by atoms with Crippen molar-refractivity contribution in [1.29, 1.82) is 0 Å². The van der Waals surface area contributed by atoms with Crippen LogP contribution in [0.4, 0.5) is 0 Å². The third-order valence-corrected chi connectivity index (χ3v) is 4.34. The fourth-order valence-electron chi connectivity index (χ4n) is 3.16. The van der Waals surface area contributed by atoms with Crippen LogP contribution in [0.25, 0.3) is 5.70 Å². The smallest absolute Gasteiger partial charge is 0.256 e. The van der Waals surface area contributed by atoms with E-state index in [1.54, 1.807) is 6.07 Å². The second-order valence-corrected chi connectivity index (χ2v) is 5.93. The Kier molecular flexibility index (Phi) is 5.93. The maximum Gasteiger partial charge on any atom is 0.256 e. The molecule has 1 amide bonds. The summed E-state index contributed by atoms with van der Waals surface area (Å²) in [7, 11) is 0. The van der Waals surface area contributed by atoms with E-state index in [1.807, 2.05) is 18.2 Å². The van der Waals surface area contributed by atoms with Gasteiger partial charge in [-0.2, -0.15) is 0 Å². The summed E-state index contributed by atoms with van der Waals surface area (Å²) in [5, 5.41) is 2.65. The summed E-state index contributed by atoms with van der Waals surface area (Å²) < 4.78 is 0. The van der Waals surface area contributed by atoms with E-state index in [9.17, 15) is 4.79 Å². The number of hydrogen-bond acceptors (Lipinski definition) is 3. The monoisotopic (exact) mass is 315 g/mol. The summed E-state index contributed by atoms with van der Waals surface area (Å²) in [5.41, 5.74) is 2.33. The number of rotatable bonds is 0. The van der Waals surface area contributed by atoms with Gasteiger partial charge in [0.05, 0.1) is 5.84 Å². The molecule has 0 aromatic heterocycles. The van der Waals surface area contributed by atoms with Gasteiger partial charge in [0, 0.05) is 42.9 Å². The second kappa shape index (κ2) is 7.92. The van der Waals surface area contributed by atoms with Crippen molar-refractivity contribution >= 4 is 17.4 Å². The summed E-state index contributed by atoms with van der Waals surface area (Å²) in [6.45, 7) is 7.31. The van der Waals surface area contributed by atoms with Crippen LogP contribution in [-0.4, -0.2) is 41.8 Å². The fraction of sp³-hybridized carbons (Fsp3) is 0.444. The number of carbonyl (C=O) groups is 1. The third-order valence-electron chi connectivity index (χ3n) is 4.34. The molecule has 3 N–H and O–H groups in total. The van der Waals surface area contributed by atoms with E-state index in [2.05, 4.69) is 21.8 Å². The molecule has 23 heavy (non-hydrogen) atoms. The molecule has 0 unspecified atom stereocenters. The van der Waals surface area contributed by atoms with E-state index in [1.165, 1.54) is 51.0 Å². The van der Waals surface area contributed by atoms with Gasteiger partial charge in [-0.05, 0) is 25.3 Å². The van der Waals surface area contributed by atoms with Crippen LogP contribution in [0.15, 0.2) is 35.8 Å². The predicted molar refractivity (Wildman–Crippen MR) is 93.5 cm³/mol. The Balaban J connectivity index is 0.000000160. The standard InChI is InChI=1S/C9H16N2.C9H7NO.H2O/c1-2-5-9-10-6-4-8-11(9)7-3-1;1-6-7-4-2-3-5-8(7)9(11)10-6;/h1-8H2;2-5H,1H2,(H,10,11);1H2. The molecule has 1 fully saturated rings. The molecule has 0 spiro atoms. The Labute approximate surface area is 137 Å². The molecule has 0 aliphatic carbocycles. The lowest BCUT2D eigenvalue weighted by molar-refractivity contribution is 0.0981. The summed E-state index contributed by atoms with van der Waals surface area (Å²) in [6.07, 6.45) is 6.63. The highest BCUT2D eigenvalue weighted by atomic mass is 16.1. The molecule has 1 saturated heterocycles. The van der Waals surface area contributed by atoms with Gasteiger partial charge in [-0.25, -0.2) is 0 Å². The van der Waals surface area contributed by atoms with E-state index in [0.717, 1.165) is 17.7 Å². The van der Waals surface area contributed by atoms with E-state index in [4.69, 9.17) is 0 Å². The topological polar surface area (TPSA) is 76.2 Å². The van der Waals surface area contributed by atoms with Crippen molar-refractivity contribution in [3.63, 3.8) is 0 Å². The van der Waals surface area contributed by atoms with Gasteiger partial charge in [0.2, 0.25) is 0 Å². The SMILES string of the molecule is C1CCC2=NCCCN2CC1.C=C1NC(=O)c2ccccc21.O. The van der Waals surface area contributed by atoms with E-state index in [0.29, 0.717) is 5.70 Å². The quantitative estimate of drug-likeness (QED) is 0.797. The van der Waals surface area contributed by atoms with Gasteiger partial charge in [0.15, 0.2) is 0 Å². The summed E-state index contributed by atoms with van der Waals surface area (Å²) in [5.74, 6) is 1.35. The number of benzene rings is 1. The predicted octanol–water partition coefficient (Wildman–Crippen LogP) is 2.24. The molecule has 3 aliphatic heterocycles. The van der Waals surface area contributed by atoms with Crippen LogP contribution >= 0.6 is 0 Å². The lowest BCUT2D eigenvalue weighted by Gasteiger charge is -2.27. The van der Waals surface area contributed by atoms with Crippen LogP contribution in [0.2, 0.25) is 0 Å². The van der Waals surface area contributed by atoms with E-state index in [-0.39, 0.29) is 11.4 Å². The Hall–Kier alpha value is -2.14. The molecule has 1 aromatic rings. The maximum absolute atomic E-state index is 11.1. The molecule has 4 rings (SSSR count). The average Bonchev–Trinajstić information content (AvgIpc) is 2.73. The fourth-order valence-corrected chi connectivity index (χ4v) is 3.16. The molecule has 5 heteroatoms. The van der Waals surface area contributed by atoms with Crippen LogP contribution in [-0.2, 0) is 0 Å². The first-order valence-corrected chi connectivity index (χ1v) is 8.13. The molecule has 1 aromatic carbocycles. The van der Waals surface area contributed by atoms with Crippen molar-refractivity contribution < 1.29 is 10.3 Å². The van der Waals surface area contributed by atoms with Gasteiger partial charge in [-0.3, -0.25) is 9.79 Å². The molecule has 124 valence electrons. The summed E-state index contributed by atoms with van der Waals surface area (Å²) in [6, 6.07) is 7.42. The number of amides is 1. The molecule has 3 aliphatic rings. The minimum absolute atomic E-state index is 0. The summed E-state index contributed by atoms with van der Waals surface area (Å²) >= 11 is 0. The largest absolute Gasteiger partial charge is 0.412 e. The molecule has 0 bridgehead atoms. The highest BCUT2D eigenvalue weighted by molar-refractivity contribution is 6.08. The first-order chi connectivity index (χ1) is 10.8. The zero-order valence-corrected chi connectivity index (χ0v) is 13.5. The zero-order chi connectivity index (χ0) is 15.4. The van der Waals surface area contributed by atoms with E-state index >= 15 is 0 Å². The number of fused-ring (bicyclic) bond motifs is 2. The van der Waals surface area contributed by atoms with E-state index < -0.39 is 0 Å². The molecule has 0 saturated carbocycles. The number of nitrogens with one attached hydrogen (secondary N) is 1. The highest BCUT2D eigenvalue weighted by Gasteiger charge is 2.20. The van der Waals surface area contributed by atoms with Gasteiger partial charge < -0.3 is 15.7 Å². The number of nitrogens with zero attached hydrogens (tertiary/aromatic N) is 2. The lowest BCUT2D eigenvalue weighted by Crippen LogP contribution is -2.34. The van der Waals surface area contributed by atoms with Crippen LogP contribution < -0.4 is 5.32 Å². The van der Waals surface area contributed by atoms with Crippen LogP contribution in [0.3, 0.4) is 0 Å². The minimum Gasteiger partial charge on any atom is -0.412 e. The normalized spacial score (nSPS) is 19.1. The van der Waals surface area contributed by atoms with Gasteiger partial charge in [0.25, 0.3) is 5.91 Å². The number of aliphatic imine (C=N–C) groups is 1. The number of carbonyl (C=O) groups excluding carboxylic acids is 1. The molecular formula is C18H25N3O2. The Morgan fingerprint density at radius 2 is 1.78 bits per heavy atom. The first-order valence-electron chi connectivity index (χ1n) is 8.13. The Bertz CT molecular complexity index is 577. The van der Waals surface area contributed by atoms with Crippen LogP contribution in [0, 0.1) is 0 Å². The second-order valence-electron chi connectivity index (χ2n) is 5.93. The maximum atomic E-state index is 11.1. The van der Waals surface area contributed by atoms with Crippen LogP contribution in [0.5, 0.6) is 0 Å². The Morgan fingerprint density at radius 1 is 1.04 bits per heavy atom. The van der Waals surface area contributed by atoms with Crippen molar-refractivity contribution in [1.82, 2.24) is 10.2 Å². The number of hydrogen-bond donors (Lipinski definition) is 1. The molecule has 3 heterocycles. The van der Waals surface area contributed by atoms with Crippen molar-refractivity contribution in [2.75, 3.05) is 19.6 Å². The van der Waals surface area contributed by atoms with Gasteiger partial charge in [-0.1, -0.05) is 31.2 Å². The van der Waals surface area contributed by atoms with Gasteiger partial charge >= 0.3 is 0 Å². The number of amidine groups is 1. The first kappa shape index (κ1) is 17.2.